The van der Waals surface area contributed by atoms with Gasteiger partial charge in [-0.25, -0.2) is 0 Å². The van der Waals surface area contributed by atoms with Crippen molar-refractivity contribution in [1.29, 1.82) is 0 Å². The summed E-state index contributed by atoms with van der Waals surface area (Å²) in [5.41, 5.74) is 5.09. The molecule has 1 nitrogen and oxygen atoms in total. The van der Waals surface area contributed by atoms with Gasteiger partial charge in [0.25, 0.3) is 0 Å². The Labute approximate surface area is 160 Å². The Morgan fingerprint density at radius 1 is 1.00 bits per heavy atom. The molecule has 1 aliphatic heterocycles. The monoisotopic (exact) mass is 371 g/mol. The number of anilines is 1. The number of rotatable bonds is 1. The Morgan fingerprint density at radius 2 is 1.72 bits per heavy atom. The molecule has 3 heteroatoms. The third-order valence-electron chi connectivity index (χ3n) is 5.56. The highest BCUT2D eigenvalue weighted by Gasteiger charge is 2.39. The second-order valence-electron chi connectivity index (χ2n) is 8.17. The summed E-state index contributed by atoms with van der Waals surface area (Å²) in [6.07, 6.45) is 5.71. The molecule has 25 heavy (non-hydrogen) atoms. The van der Waals surface area contributed by atoms with E-state index in [2.05, 4.69) is 68.6 Å². The van der Waals surface area contributed by atoms with E-state index in [1.165, 1.54) is 16.7 Å². The Bertz CT molecular complexity index is 830. The third kappa shape index (κ3) is 2.88. The molecule has 4 rings (SSSR count). The molecule has 2 aliphatic rings. The van der Waals surface area contributed by atoms with Gasteiger partial charge in [0.2, 0.25) is 0 Å². The lowest BCUT2D eigenvalue weighted by Gasteiger charge is -2.38. The zero-order valence-corrected chi connectivity index (χ0v) is 16.3. The Hall–Kier alpha value is -1.44. The summed E-state index contributed by atoms with van der Waals surface area (Å²) >= 11 is 12.8. The van der Waals surface area contributed by atoms with Crippen LogP contribution >= 0.6 is 23.2 Å². The number of halogens is 2. The zero-order valence-electron chi connectivity index (χ0n) is 14.8. The van der Waals surface area contributed by atoms with E-state index in [1.54, 1.807) is 0 Å². The van der Waals surface area contributed by atoms with Crippen LogP contribution in [0.1, 0.15) is 55.8 Å². The summed E-state index contributed by atoms with van der Waals surface area (Å²) in [6, 6.07) is 13.3. The normalized spacial score (nSPS) is 24.6. The minimum Gasteiger partial charge on any atom is -0.376 e. The minimum absolute atomic E-state index is 0.166. The van der Waals surface area contributed by atoms with Crippen molar-refractivity contribution in [2.45, 2.75) is 44.6 Å². The summed E-state index contributed by atoms with van der Waals surface area (Å²) in [7, 11) is 0. The standard InChI is InChI=1S/C22H23Cl2N/c1-22(2,3)14-9-7-13(8-10-14)20-16-6-4-5-15(16)17-11-12-18(23)19(24)21(17)25-20/h4-5,7-12,15-16,20,25H,6H2,1-3H3/t15-,16+,20+/m1/s1. The van der Waals surface area contributed by atoms with Gasteiger partial charge in [-0.2, -0.15) is 0 Å². The molecule has 130 valence electrons. The van der Waals surface area contributed by atoms with Crippen molar-refractivity contribution in [3.63, 3.8) is 0 Å². The van der Waals surface area contributed by atoms with Crippen molar-refractivity contribution in [2.75, 3.05) is 5.32 Å². The van der Waals surface area contributed by atoms with E-state index in [1.807, 2.05) is 6.07 Å². The van der Waals surface area contributed by atoms with Crippen LogP contribution in [0.3, 0.4) is 0 Å². The van der Waals surface area contributed by atoms with Crippen molar-refractivity contribution in [3.8, 4) is 0 Å². The largest absolute Gasteiger partial charge is 0.376 e. The number of nitrogens with one attached hydrogen (secondary N) is 1. The molecule has 1 aliphatic carbocycles. The van der Waals surface area contributed by atoms with E-state index >= 15 is 0 Å². The fourth-order valence-corrected chi connectivity index (χ4v) is 4.51. The second-order valence-corrected chi connectivity index (χ2v) is 8.96. The van der Waals surface area contributed by atoms with Crippen LogP contribution < -0.4 is 5.32 Å². The van der Waals surface area contributed by atoms with Crippen LogP contribution in [0.5, 0.6) is 0 Å². The summed E-state index contributed by atoms with van der Waals surface area (Å²) in [5, 5.41) is 4.94. The third-order valence-corrected chi connectivity index (χ3v) is 6.37. The second kappa shape index (κ2) is 6.07. The molecule has 0 radical (unpaired) electrons. The molecular formula is C22H23Cl2N. The Kier molecular flexibility index (Phi) is 4.13. The lowest BCUT2D eigenvalue weighted by molar-refractivity contribution is 0.425. The minimum atomic E-state index is 0.166. The van der Waals surface area contributed by atoms with Gasteiger partial charge in [0.15, 0.2) is 0 Å². The number of hydrogen-bond donors (Lipinski definition) is 1. The quantitative estimate of drug-likeness (QED) is 0.526. The molecule has 1 N–H and O–H groups in total. The Balaban J connectivity index is 1.75. The SMILES string of the molecule is CC(C)(C)c1ccc([C@@H]2Nc3c(ccc(Cl)c3Cl)[C@@H]3C=CC[C@@H]32)cc1. The van der Waals surface area contributed by atoms with E-state index < -0.39 is 0 Å². The van der Waals surface area contributed by atoms with Gasteiger partial charge in [0.1, 0.15) is 0 Å². The maximum atomic E-state index is 6.52. The molecule has 0 aromatic heterocycles. The van der Waals surface area contributed by atoms with Gasteiger partial charge in [0, 0.05) is 5.92 Å². The first-order chi connectivity index (χ1) is 11.9. The number of allylic oxidation sites excluding steroid dienone is 2. The number of benzene rings is 2. The van der Waals surface area contributed by atoms with Crippen LogP contribution in [0, 0.1) is 5.92 Å². The molecular weight excluding hydrogens is 349 g/mol. The first-order valence-electron chi connectivity index (χ1n) is 8.88. The van der Waals surface area contributed by atoms with Crippen LogP contribution in [-0.4, -0.2) is 0 Å². The van der Waals surface area contributed by atoms with Crippen LogP contribution in [0.4, 0.5) is 5.69 Å². The molecule has 0 unspecified atom stereocenters. The average Bonchev–Trinajstić information content (AvgIpc) is 3.06. The molecule has 2 aromatic rings. The highest BCUT2D eigenvalue weighted by atomic mass is 35.5. The van der Waals surface area contributed by atoms with E-state index in [0.29, 0.717) is 21.9 Å². The van der Waals surface area contributed by atoms with Gasteiger partial charge in [-0.05, 0) is 40.5 Å². The van der Waals surface area contributed by atoms with Crippen molar-refractivity contribution in [2.24, 2.45) is 5.92 Å². The lowest BCUT2D eigenvalue weighted by atomic mass is 9.76. The summed E-state index contributed by atoms with van der Waals surface area (Å²) in [4.78, 5) is 0. The maximum Gasteiger partial charge on any atom is 0.0826 e. The first kappa shape index (κ1) is 17.0. The summed E-state index contributed by atoms with van der Waals surface area (Å²) in [5.74, 6) is 0.920. The van der Waals surface area contributed by atoms with Gasteiger partial charge >= 0.3 is 0 Å². The molecule has 0 spiro atoms. The van der Waals surface area contributed by atoms with Gasteiger partial charge in [0.05, 0.1) is 21.8 Å². The van der Waals surface area contributed by atoms with Crippen LogP contribution in [-0.2, 0) is 5.41 Å². The van der Waals surface area contributed by atoms with Crippen LogP contribution in [0.2, 0.25) is 10.0 Å². The lowest BCUT2D eigenvalue weighted by Crippen LogP contribution is -2.29. The zero-order chi connectivity index (χ0) is 17.8. The van der Waals surface area contributed by atoms with Crippen molar-refractivity contribution in [1.82, 2.24) is 0 Å². The van der Waals surface area contributed by atoms with Gasteiger partial charge in [-0.3, -0.25) is 0 Å². The molecule has 1 heterocycles. The van der Waals surface area contributed by atoms with Crippen LogP contribution in [0.15, 0.2) is 48.6 Å². The molecule has 0 saturated carbocycles. The van der Waals surface area contributed by atoms with E-state index in [0.717, 1.165) is 12.1 Å². The van der Waals surface area contributed by atoms with Gasteiger partial charge < -0.3 is 5.32 Å². The molecule has 3 atom stereocenters. The van der Waals surface area contributed by atoms with Crippen LogP contribution in [0.25, 0.3) is 0 Å². The number of hydrogen-bond acceptors (Lipinski definition) is 1. The predicted molar refractivity (Wildman–Crippen MR) is 108 cm³/mol. The maximum absolute atomic E-state index is 6.52. The molecule has 2 aromatic carbocycles. The fourth-order valence-electron chi connectivity index (χ4n) is 4.12. The molecule has 0 bridgehead atoms. The Morgan fingerprint density at radius 3 is 2.40 bits per heavy atom. The summed E-state index contributed by atoms with van der Waals surface area (Å²) < 4.78 is 0. The number of fused-ring (bicyclic) bond motifs is 3. The average molecular weight is 372 g/mol. The van der Waals surface area contributed by atoms with E-state index in [-0.39, 0.29) is 11.5 Å². The van der Waals surface area contributed by atoms with E-state index in [4.69, 9.17) is 23.2 Å². The molecule has 0 fully saturated rings. The van der Waals surface area contributed by atoms with E-state index in [9.17, 15) is 0 Å². The fraction of sp³-hybridized carbons (Fsp3) is 0.364. The topological polar surface area (TPSA) is 12.0 Å². The highest BCUT2D eigenvalue weighted by Crippen LogP contribution is 2.52. The highest BCUT2D eigenvalue weighted by molar-refractivity contribution is 6.43. The van der Waals surface area contributed by atoms with Crippen molar-refractivity contribution < 1.29 is 0 Å². The van der Waals surface area contributed by atoms with Crippen molar-refractivity contribution >= 4 is 28.9 Å². The predicted octanol–water partition coefficient (Wildman–Crippen LogP) is 7.12. The molecule has 0 amide bonds. The first-order valence-corrected chi connectivity index (χ1v) is 9.63. The molecule has 0 saturated heterocycles. The van der Waals surface area contributed by atoms with Gasteiger partial charge in [-0.15, -0.1) is 0 Å². The smallest absolute Gasteiger partial charge is 0.0826 e. The van der Waals surface area contributed by atoms with Crippen molar-refractivity contribution in [3.05, 3.63) is 75.3 Å². The van der Waals surface area contributed by atoms with Gasteiger partial charge in [-0.1, -0.05) is 86.5 Å². The summed E-state index contributed by atoms with van der Waals surface area (Å²) in [6.45, 7) is 6.74.